The maximum Gasteiger partial charge on any atom is 0.155 e. The van der Waals surface area contributed by atoms with Crippen molar-refractivity contribution >= 4 is 5.78 Å². The van der Waals surface area contributed by atoms with Crippen LogP contribution < -0.4 is 0 Å². The summed E-state index contributed by atoms with van der Waals surface area (Å²) in [5, 5.41) is 0. The molecule has 0 spiro atoms. The SMILES string of the molecule is CC1=CC(=O)C[C@H]2CC=CC[C@]12C. The summed E-state index contributed by atoms with van der Waals surface area (Å²) in [5.41, 5.74) is 1.54. The number of allylic oxidation sites excluding steroid dienone is 4. The molecular weight excluding hydrogens is 160 g/mol. The summed E-state index contributed by atoms with van der Waals surface area (Å²) in [5.74, 6) is 0.866. The third kappa shape index (κ3) is 1.27. The number of rotatable bonds is 0. The first-order chi connectivity index (χ1) is 6.13. The van der Waals surface area contributed by atoms with Gasteiger partial charge in [0.1, 0.15) is 0 Å². The predicted octanol–water partition coefficient (Wildman–Crippen LogP) is 2.88. The number of ketones is 1. The fraction of sp³-hybridized carbons (Fsp3) is 0.583. The Morgan fingerprint density at radius 3 is 3.00 bits per heavy atom. The van der Waals surface area contributed by atoms with Gasteiger partial charge < -0.3 is 0 Å². The summed E-state index contributed by atoms with van der Waals surface area (Å²) >= 11 is 0. The molecule has 0 saturated heterocycles. The number of hydrogen-bond acceptors (Lipinski definition) is 1. The Kier molecular flexibility index (Phi) is 1.90. The van der Waals surface area contributed by atoms with E-state index in [0.29, 0.717) is 11.7 Å². The van der Waals surface area contributed by atoms with E-state index in [9.17, 15) is 4.79 Å². The van der Waals surface area contributed by atoms with Gasteiger partial charge in [-0.15, -0.1) is 0 Å². The molecule has 2 atom stereocenters. The predicted molar refractivity (Wildman–Crippen MR) is 53.4 cm³/mol. The summed E-state index contributed by atoms with van der Waals surface area (Å²) in [4.78, 5) is 11.4. The monoisotopic (exact) mass is 176 g/mol. The van der Waals surface area contributed by atoms with E-state index in [1.807, 2.05) is 6.08 Å². The topological polar surface area (TPSA) is 17.1 Å². The zero-order chi connectivity index (χ0) is 9.47. The van der Waals surface area contributed by atoms with Gasteiger partial charge in [-0.1, -0.05) is 24.6 Å². The third-order valence-electron chi connectivity index (χ3n) is 3.76. The molecule has 13 heavy (non-hydrogen) atoms. The summed E-state index contributed by atoms with van der Waals surface area (Å²) in [6.45, 7) is 4.39. The summed E-state index contributed by atoms with van der Waals surface area (Å²) in [6, 6.07) is 0. The van der Waals surface area contributed by atoms with Crippen LogP contribution in [-0.2, 0) is 4.79 Å². The van der Waals surface area contributed by atoms with Crippen molar-refractivity contribution in [1.29, 1.82) is 0 Å². The molecule has 0 aromatic carbocycles. The Bertz CT molecular complexity index is 298. The van der Waals surface area contributed by atoms with E-state index in [1.54, 1.807) is 0 Å². The quantitative estimate of drug-likeness (QED) is 0.519. The van der Waals surface area contributed by atoms with Crippen LogP contribution in [0.15, 0.2) is 23.8 Å². The van der Waals surface area contributed by atoms with Crippen LogP contribution >= 0.6 is 0 Å². The van der Waals surface area contributed by atoms with Gasteiger partial charge in [0.2, 0.25) is 0 Å². The highest BCUT2D eigenvalue weighted by Gasteiger charge is 2.39. The lowest BCUT2D eigenvalue weighted by Gasteiger charge is -2.42. The molecule has 0 amide bonds. The Balaban J connectivity index is 2.39. The second-order valence-corrected chi connectivity index (χ2v) is 4.52. The maximum atomic E-state index is 11.4. The first-order valence-electron chi connectivity index (χ1n) is 4.99. The zero-order valence-corrected chi connectivity index (χ0v) is 8.34. The average molecular weight is 176 g/mol. The van der Waals surface area contributed by atoms with Crippen molar-refractivity contribution in [1.82, 2.24) is 0 Å². The lowest BCUT2D eigenvalue weighted by atomic mass is 9.62. The lowest BCUT2D eigenvalue weighted by Crippen LogP contribution is -2.35. The molecule has 0 radical (unpaired) electrons. The molecule has 2 aliphatic rings. The van der Waals surface area contributed by atoms with Crippen molar-refractivity contribution in [2.45, 2.75) is 33.1 Å². The lowest BCUT2D eigenvalue weighted by molar-refractivity contribution is -0.117. The van der Waals surface area contributed by atoms with Crippen molar-refractivity contribution in [3.8, 4) is 0 Å². The Labute approximate surface area is 79.5 Å². The van der Waals surface area contributed by atoms with Gasteiger partial charge in [0, 0.05) is 6.42 Å². The summed E-state index contributed by atoms with van der Waals surface area (Å²) < 4.78 is 0. The standard InChI is InChI=1S/C12H16O/c1-9-7-11(13)8-10-5-3-4-6-12(9,10)2/h3-4,7,10H,5-6,8H2,1-2H3/t10-,12-/m1/s1. The van der Waals surface area contributed by atoms with Gasteiger partial charge in [0.05, 0.1) is 0 Å². The molecule has 0 fully saturated rings. The van der Waals surface area contributed by atoms with E-state index in [1.165, 1.54) is 5.57 Å². The molecule has 0 aromatic rings. The molecule has 2 rings (SSSR count). The highest BCUT2D eigenvalue weighted by molar-refractivity contribution is 5.91. The van der Waals surface area contributed by atoms with Crippen LogP contribution in [0.1, 0.15) is 33.1 Å². The van der Waals surface area contributed by atoms with Gasteiger partial charge in [-0.05, 0) is 37.2 Å². The largest absolute Gasteiger partial charge is 0.295 e. The van der Waals surface area contributed by atoms with Gasteiger partial charge in [0.25, 0.3) is 0 Å². The highest BCUT2D eigenvalue weighted by Crippen LogP contribution is 2.47. The first-order valence-corrected chi connectivity index (χ1v) is 4.99. The zero-order valence-electron chi connectivity index (χ0n) is 8.34. The molecular formula is C12H16O. The van der Waals surface area contributed by atoms with Gasteiger partial charge >= 0.3 is 0 Å². The average Bonchev–Trinajstić information content (AvgIpc) is 2.07. The van der Waals surface area contributed by atoms with E-state index in [2.05, 4.69) is 26.0 Å². The van der Waals surface area contributed by atoms with Crippen LogP contribution in [0.25, 0.3) is 0 Å². The smallest absolute Gasteiger partial charge is 0.155 e. The molecule has 70 valence electrons. The van der Waals surface area contributed by atoms with Crippen molar-refractivity contribution in [3.63, 3.8) is 0 Å². The molecule has 0 N–H and O–H groups in total. The van der Waals surface area contributed by atoms with Gasteiger partial charge in [-0.25, -0.2) is 0 Å². The fourth-order valence-corrected chi connectivity index (χ4v) is 2.52. The minimum absolute atomic E-state index is 0.267. The van der Waals surface area contributed by atoms with Gasteiger partial charge in [-0.3, -0.25) is 4.79 Å². The van der Waals surface area contributed by atoms with Gasteiger partial charge in [-0.2, -0.15) is 0 Å². The first kappa shape index (κ1) is 8.74. The Morgan fingerprint density at radius 2 is 2.23 bits per heavy atom. The summed E-state index contributed by atoms with van der Waals surface area (Å²) in [6.07, 6.45) is 9.25. The fourth-order valence-electron chi connectivity index (χ4n) is 2.52. The van der Waals surface area contributed by atoms with Crippen molar-refractivity contribution in [3.05, 3.63) is 23.8 Å². The van der Waals surface area contributed by atoms with Crippen LogP contribution in [0.5, 0.6) is 0 Å². The minimum Gasteiger partial charge on any atom is -0.295 e. The molecule has 0 aromatic heterocycles. The molecule has 0 saturated carbocycles. The van der Waals surface area contributed by atoms with E-state index in [4.69, 9.17) is 0 Å². The molecule has 0 bridgehead atoms. The van der Waals surface area contributed by atoms with Crippen molar-refractivity contribution in [2.24, 2.45) is 11.3 Å². The van der Waals surface area contributed by atoms with E-state index >= 15 is 0 Å². The number of carbonyl (C=O) groups is 1. The van der Waals surface area contributed by atoms with Gasteiger partial charge in [0.15, 0.2) is 5.78 Å². The van der Waals surface area contributed by atoms with Crippen LogP contribution in [0, 0.1) is 11.3 Å². The van der Waals surface area contributed by atoms with E-state index < -0.39 is 0 Å². The van der Waals surface area contributed by atoms with Crippen LogP contribution in [-0.4, -0.2) is 5.78 Å². The molecule has 1 nitrogen and oxygen atoms in total. The van der Waals surface area contributed by atoms with Crippen LogP contribution in [0.4, 0.5) is 0 Å². The van der Waals surface area contributed by atoms with Crippen molar-refractivity contribution < 1.29 is 4.79 Å². The molecule has 1 heteroatoms. The van der Waals surface area contributed by atoms with E-state index in [-0.39, 0.29) is 5.41 Å². The van der Waals surface area contributed by atoms with Crippen molar-refractivity contribution in [2.75, 3.05) is 0 Å². The maximum absolute atomic E-state index is 11.4. The molecule has 0 heterocycles. The number of fused-ring (bicyclic) bond motifs is 1. The molecule has 2 aliphatic carbocycles. The second-order valence-electron chi connectivity index (χ2n) is 4.52. The summed E-state index contributed by atoms with van der Waals surface area (Å²) in [7, 11) is 0. The number of carbonyl (C=O) groups excluding carboxylic acids is 1. The van der Waals surface area contributed by atoms with Crippen LogP contribution in [0.3, 0.4) is 0 Å². The minimum atomic E-state index is 0.267. The number of hydrogen-bond donors (Lipinski definition) is 0. The normalized spacial score (nSPS) is 38.5. The van der Waals surface area contributed by atoms with Crippen LogP contribution in [0.2, 0.25) is 0 Å². The van der Waals surface area contributed by atoms with E-state index in [0.717, 1.165) is 19.3 Å². The molecule has 0 aliphatic heterocycles. The highest BCUT2D eigenvalue weighted by atomic mass is 16.1. The Hall–Kier alpha value is -0.850. The Morgan fingerprint density at radius 1 is 1.46 bits per heavy atom. The second kappa shape index (κ2) is 2.83. The third-order valence-corrected chi connectivity index (χ3v) is 3.76. The molecule has 0 unspecified atom stereocenters.